The molecule has 2 rings (SSSR count). The van der Waals surface area contributed by atoms with Gasteiger partial charge >= 0.3 is 0 Å². The van der Waals surface area contributed by atoms with Gasteiger partial charge in [-0.05, 0) is 29.7 Å². The van der Waals surface area contributed by atoms with Crippen LogP contribution in [-0.2, 0) is 13.0 Å². The van der Waals surface area contributed by atoms with Crippen molar-refractivity contribution in [3.63, 3.8) is 0 Å². The van der Waals surface area contributed by atoms with Crippen LogP contribution in [0.1, 0.15) is 11.1 Å². The van der Waals surface area contributed by atoms with Crippen LogP contribution in [0.5, 0.6) is 11.5 Å². The molecule has 8 nitrogen and oxygen atoms in total. The first-order valence-electron chi connectivity index (χ1n) is 8.84. The van der Waals surface area contributed by atoms with E-state index in [1.54, 1.807) is 33.4 Å². The standard InChI is InChI=1S/C20H26N4O4/c1-21-20(22-14-16-5-8-17(9-6-16)24(25)26)23(2)12-11-15-7-10-18(27-3)19(13-15)28-4/h5-10,13H,11-12,14H2,1-4H3,(H,21,22). The molecule has 0 aliphatic heterocycles. The highest BCUT2D eigenvalue weighted by Gasteiger charge is 2.09. The summed E-state index contributed by atoms with van der Waals surface area (Å²) in [6.07, 6.45) is 0.815. The Balaban J connectivity index is 1.91. The lowest BCUT2D eigenvalue weighted by molar-refractivity contribution is -0.384. The van der Waals surface area contributed by atoms with E-state index < -0.39 is 4.92 Å². The van der Waals surface area contributed by atoms with Crippen molar-refractivity contribution in [3.05, 3.63) is 63.7 Å². The third-order valence-electron chi connectivity index (χ3n) is 4.35. The summed E-state index contributed by atoms with van der Waals surface area (Å²) in [6, 6.07) is 12.4. The van der Waals surface area contributed by atoms with E-state index in [1.807, 2.05) is 30.1 Å². The fourth-order valence-corrected chi connectivity index (χ4v) is 2.74. The van der Waals surface area contributed by atoms with Crippen molar-refractivity contribution in [1.82, 2.24) is 10.2 Å². The van der Waals surface area contributed by atoms with Gasteiger partial charge in [0.25, 0.3) is 5.69 Å². The number of likely N-dealkylation sites (N-methyl/N-ethyl adjacent to an activating group) is 1. The van der Waals surface area contributed by atoms with Crippen molar-refractivity contribution in [1.29, 1.82) is 0 Å². The average molecular weight is 386 g/mol. The number of hydrogen-bond acceptors (Lipinski definition) is 5. The summed E-state index contributed by atoms with van der Waals surface area (Å²) in [5.41, 5.74) is 2.16. The molecular weight excluding hydrogens is 360 g/mol. The SMILES string of the molecule is CN=C(NCc1ccc([N+](=O)[O-])cc1)N(C)CCc1ccc(OC)c(OC)c1. The van der Waals surface area contributed by atoms with Gasteiger partial charge in [-0.2, -0.15) is 0 Å². The van der Waals surface area contributed by atoms with Gasteiger partial charge in [0.2, 0.25) is 0 Å². The second kappa shape index (κ2) is 10.1. The highest BCUT2D eigenvalue weighted by atomic mass is 16.6. The van der Waals surface area contributed by atoms with Gasteiger partial charge in [-0.3, -0.25) is 15.1 Å². The zero-order valence-corrected chi connectivity index (χ0v) is 16.6. The molecule has 0 saturated carbocycles. The van der Waals surface area contributed by atoms with Crippen LogP contribution >= 0.6 is 0 Å². The number of benzene rings is 2. The lowest BCUT2D eigenvalue weighted by Crippen LogP contribution is -2.39. The van der Waals surface area contributed by atoms with E-state index in [0.717, 1.165) is 30.1 Å². The molecule has 0 bridgehead atoms. The van der Waals surface area contributed by atoms with E-state index in [9.17, 15) is 10.1 Å². The normalized spacial score (nSPS) is 11.1. The third-order valence-corrected chi connectivity index (χ3v) is 4.35. The molecule has 8 heteroatoms. The predicted molar refractivity (Wildman–Crippen MR) is 109 cm³/mol. The van der Waals surface area contributed by atoms with Crippen LogP contribution in [0, 0.1) is 10.1 Å². The second-order valence-electron chi connectivity index (χ2n) is 6.19. The van der Waals surface area contributed by atoms with Crippen LogP contribution in [-0.4, -0.2) is 50.6 Å². The van der Waals surface area contributed by atoms with Gasteiger partial charge in [0.15, 0.2) is 17.5 Å². The van der Waals surface area contributed by atoms with Gasteiger partial charge in [0.1, 0.15) is 0 Å². The fraction of sp³-hybridized carbons (Fsp3) is 0.350. The lowest BCUT2D eigenvalue weighted by Gasteiger charge is -2.22. The molecule has 150 valence electrons. The molecule has 2 aromatic rings. The molecule has 0 aliphatic rings. The summed E-state index contributed by atoms with van der Waals surface area (Å²) in [7, 11) is 6.93. The van der Waals surface area contributed by atoms with Crippen LogP contribution < -0.4 is 14.8 Å². The number of non-ortho nitro benzene ring substituents is 1. The van der Waals surface area contributed by atoms with Gasteiger partial charge in [-0.15, -0.1) is 0 Å². The summed E-state index contributed by atoms with van der Waals surface area (Å²) in [5.74, 6) is 2.17. The molecule has 0 amide bonds. The van der Waals surface area contributed by atoms with Crippen molar-refractivity contribution < 1.29 is 14.4 Å². The molecular formula is C20H26N4O4. The second-order valence-corrected chi connectivity index (χ2v) is 6.19. The number of nitro groups is 1. The van der Waals surface area contributed by atoms with Crippen molar-refractivity contribution in [3.8, 4) is 11.5 Å². The minimum Gasteiger partial charge on any atom is -0.493 e. The molecule has 0 spiro atoms. The van der Waals surface area contributed by atoms with Crippen LogP contribution in [0.3, 0.4) is 0 Å². The van der Waals surface area contributed by atoms with Gasteiger partial charge < -0.3 is 19.7 Å². The number of rotatable bonds is 8. The Bertz CT molecular complexity index is 821. The molecule has 0 atom stereocenters. The first-order valence-corrected chi connectivity index (χ1v) is 8.84. The topological polar surface area (TPSA) is 89.2 Å². The molecule has 0 radical (unpaired) electrons. The van der Waals surface area contributed by atoms with E-state index in [4.69, 9.17) is 9.47 Å². The number of hydrogen-bond donors (Lipinski definition) is 1. The zero-order chi connectivity index (χ0) is 20.5. The highest BCUT2D eigenvalue weighted by molar-refractivity contribution is 5.79. The summed E-state index contributed by atoms with van der Waals surface area (Å²) in [4.78, 5) is 16.7. The van der Waals surface area contributed by atoms with E-state index in [1.165, 1.54) is 12.1 Å². The van der Waals surface area contributed by atoms with Gasteiger partial charge in [-0.25, -0.2) is 0 Å². The van der Waals surface area contributed by atoms with Crippen molar-refractivity contribution >= 4 is 11.6 Å². The zero-order valence-electron chi connectivity index (χ0n) is 16.6. The number of nitrogens with zero attached hydrogens (tertiary/aromatic N) is 3. The summed E-state index contributed by atoms with van der Waals surface area (Å²) >= 11 is 0. The van der Waals surface area contributed by atoms with E-state index in [-0.39, 0.29) is 5.69 Å². The maximum absolute atomic E-state index is 10.7. The first-order chi connectivity index (χ1) is 13.5. The Hall–Kier alpha value is -3.29. The number of aliphatic imine (C=N–C) groups is 1. The summed E-state index contributed by atoms with van der Waals surface area (Å²) in [5, 5.41) is 14.0. The molecule has 0 unspecified atom stereocenters. The van der Waals surface area contributed by atoms with Crippen LogP contribution in [0.4, 0.5) is 5.69 Å². The number of nitrogens with one attached hydrogen (secondary N) is 1. The Kier molecular flexibility index (Phi) is 7.62. The van der Waals surface area contributed by atoms with E-state index in [2.05, 4.69) is 10.3 Å². The van der Waals surface area contributed by atoms with Crippen LogP contribution in [0.25, 0.3) is 0 Å². The maximum Gasteiger partial charge on any atom is 0.269 e. The molecule has 0 saturated heterocycles. The predicted octanol–water partition coefficient (Wildman–Crippen LogP) is 2.86. The molecule has 0 aliphatic carbocycles. The van der Waals surface area contributed by atoms with Crippen LogP contribution in [0.15, 0.2) is 47.5 Å². The maximum atomic E-state index is 10.7. The fourth-order valence-electron chi connectivity index (χ4n) is 2.74. The molecule has 2 aromatic carbocycles. The smallest absolute Gasteiger partial charge is 0.269 e. The minimum atomic E-state index is -0.405. The van der Waals surface area contributed by atoms with Crippen molar-refractivity contribution in [2.24, 2.45) is 4.99 Å². The number of guanidine groups is 1. The van der Waals surface area contributed by atoms with Crippen molar-refractivity contribution in [2.75, 3.05) is 34.9 Å². The van der Waals surface area contributed by atoms with E-state index >= 15 is 0 Å². The average Bonchev–Trinajstić information content (AvgIpc) is 2.72. The molecule has 0 aromatic heterocycles. The van der Waals surface area contributed by atoms with Crippen LogP contribution in [0.2, 0.25) is 0 Å². The number of nitro benzene ring substituents is 1. The van der Waals surface area contributed by atoms with E-state index in [0.29, 0.717) is 18.0 Å². The molecule has 0 fully saturated rings. The third kappa shape index (κ3) is 5.60. The summed E-state index contributed by atoms with van der Waals surface area (Å²) in [6.45, 7) is 1.29. The largest absolute Gasteiger partial charge is 0.493 e. The number of methoxy groups -OCH3 is 2. The Morgan fingerprint density at radius 1 is 1.11 bits per heavy atom. The summed E-state index contributed by atoms with van der Waals surface area (Å²) < 4.78 is 10.6. The minimum absolute atomic E-state index is 0.0835. The lowest BCUT2D eigenvalue weighted by atomic mass is 10.1. The van der Waals surface area contributed by atoms with Gasteiger partial charge in [0.05, 0.1) is 19.1 Å². The Morgan fingerprint density at radius 2 is 1.75 bits per heavy atom. The monoisotopic (exact) mass is 386 g/mol. The Morgan fingerprint density at radius 3 is 2.32 bits per heavy atom. The van der Waals surface area contributed by atoms with Crippen molar-refractivity contribution in [2.45, 2.75) is 13.0 Å². The molecule has 0 heterocycles. The van der Waals surface area contributed by atoms with Gasteiger partial charge in [-0.1, -0.05) is 18.2 Å². The Labute approximate surface area is 164 Å². The molecule has 1 N–H and O–H groups in total. The number of ether oxygens (including phenoxy) is 2. The first kappa shape index (κ1) is 21.0. The quantitative estimate of drug-likeness (QED) is 0.325. The van der Waals surface area contributed by atoms with Gasteiger partial charge in [0, 0.05) is 39.3 Å². The molecule has 28 heavy (non-hydrogen) atoms. The highest BCUT2D eigenvalue weighted by Crippen LogP contribution is 2.27.